The van der Waals surface area contributed by atoms with Crippen LogP contribution in [0.4, 0.5) is 0 Å². The molecule has 1 atom stereocenters. The quantitative estimate of drug-likeness (QED) is 0.852. The Bertz CT molecular complexity index is 574. The van der Waals surface area contributed by atoms with Crippen molar-refractivity contribution < 1.29 is 14.3 Å². The highest BCUT2D eigenvalue weighted by Crippen LogP contribution is 2.32. The zero-order valence-corrected chi connectivity index (χ0v) is 12.6. The number of fused-ring (bicyclic) bond motifs is 1. The van der Waals surface area contributed by atoms with Crippen molar-refractivity contribution in [1.82, 2.24) is 5.32 Å². The zero-order valence-electron chi connectivity index (χ0n) is 12.6. The maximum Gasteiger partial charge on any atom is 0.138 e. The summed E-state index contributed by atoms with van der Waals surface area (Å²) >= 11 is 0. The minimum Gasteiger partial charge on any atom is -0.490 e. The van der Waals surface area contributed by atoms with Gasteiger partial charge in [0.25, 0.3) is 0 Å². The third-order valence-corrected chi connectivity index (χ3v) is 3.35. The Morgan fingerprint density at radius 1 is 1.30 bits per heavy atom. The van der Waals surface area contributed by atoms with Gasteiger partial charge in [-0.2, -0.15) is 0 Å². The number of benzene rings is 1. The summed E-state index contributed by atoms with van der Waals surface area (Å²) in [5.41, 5.74) is 1.91. The lowest BCUT2D eigenvalue weighted by atomic mass is 10.1. The third kappa shape index (κ3) is 3.32. The summed E-state index contributed by atoms with van der Waals surface area (Å²) in [6.07, 6.45) is -0.527. The van der Waals surface area contributed by atoms with Crippen LogP contribution in [0.3, 0.4) is 0 Å². The van der Waals surface area contributed by atoms with E-state index >= 15 is 0 Å². The molecule has 110 valence electrons. The van der Waals surface area contributed by atoms with Crippen molar-refractivity contribution in [2.24, 2.45) is 0 Å². The Hall–Kier alpha value is -1.52. The fourth-order valence-corrected chi connectivity index (χ4v) is 2.12. The first-order chi connectivity index (χ1) is 9.49. The number of hydrogen-bond donors (Lipinski definition) is 2. The van der Waals surface area contributed by atoms with E-state index in [-0.39, 0.29) is 6.61 Å². The van der Waals surface area contributed by atoms with Gasteiger partial charge in [-0.15, -0.1) is 0 Å². The average Bonchev–Trinajstić information content (AvgIpc) is 2.70. The van der Waals surface area contributed by atoms with Crippen LogP contribution in [-0.4, -0.2) is 30.4 Å². The predicted octanol–water partition coefficient (Wildman–Crippen LogP) is 2.79. The SMILES string of the molecule is Cc1oc2cccc(OCC(O)CNC(C)C)c2c1C. The molecule has 2 aromatic rings. The van der Waals surface area contributed by atoms with Crippen molar-refractivity contribution in [3.63, 3.8) is 0 Å². The number of hydrogen-bond acceptors (Lipinski definition) is 4. The maximum absolute atomic E-state index is 9.90. The molecule has 4 nitrogen and oxygen atoms in total. The van der Waals surface area contributed by atoms with Gasteiger partial charge >= 0.3 is 0 Å². The van der Waals surface area contributed by atoms with Crippen molar-refractivity contribution in [3.8, 4) is 5.75 Å². The molecular formula is C16H23NO3. The monoisotopic (exact) mass is 277 g/mol. The number of aliphatic hydroxyl groups excluding tert-OH is 1. The van der Waals surface area contributed by atoms with Crippen LogP contribution in [0.25, 0.3) is 11.0 Å². The molecule has 4 heteroatoms. The fourth-order valence-electron chi connectivity index (χ4n) is 2.12. The number of nitrogens with one attached hydrogen (secondary N) is 1. The smallest absolute Gasteiger partial charge is 0.138 e. The first-order valence-electron chi connectivity index (χ1n) is 7.02. The minimum absolute atomic E-state index is 0.266. The van der Waals surface area contributed by atoms with E-state index in [0.29, 0.717) is 12.6 Å². The van der Waals surface area contributed by atoms with E-state index in [9.17, 15) is 5.11 Å². The van der Waals surface area contributed by atoms with E-state index in [1.807, 2.05) is 45.9 Å². The summed E-state index contributed by atoms with van der Waals surface area (Å²) in [6, 6.07) is 6.09. The van der Waals surface area contributed by atoms with Crippen molar-refractivity contribution in [1.29, 1.82) is 0 Å². The average molecular weight is 277 g/mol. The molecule has 20 heavy (non-hydrogen) atoms. The van der Waals surface area contributed by atoms with Gasteiger partial charge in [0.05, 0.1) is 5.39 Å². The molecule has 0 saturated heterocycles. The highest BCUT2D eigenvalue weighted by Gasteiger charge is 2.13. The van der Waals surface area contributed by atoms with E-state index in [1.54, 1.807) is 0 Å². The van der Waals surface area contributed by atoms with Gasteiger partial charge in [-0.25, -0.2) is 0 Å². The molecule has 2 N–H and O–H groups in total. The number of rotatable bonds is 6. The summed E-state index contributed by atoms with van der Waals surface area (Å²) in [7, 11) is 0. The normalized spacial score (nSPS) is 13.1. The molecule has 1 aromatic carbocycles. The van der Waals surface area contributed by atoms with Gasteiger partial charge in [-0.3, -0.25) is 0 Å². The van der Waals surface area contributed by atoms with Crippen LogP contribution in [0.15, 0.2) is 22.6 Å². The van der Waals surface area contributed by atoms with Crippen LogP contribution in [0.2, 0.25) is 0 Å². The summed E-state index contributed by atoms with van der Waals surface area (Å²) in [6.45, 7) is 8.85. The lowest BCUT2D eigenvalue weighted by molar-refractivity contribution is 0.105. The van der Waals surface area contributed by atoms with Gasteiger partial charge in [0.15, 0.2) is 0 Å². The highest BCUT2D eigenvalue weighted by atomic mass is 16.5. The molecule has 1 aromatic heterocycles. The standard InChI is InChI=1S/C16H23NO3/c1-10(2)17-8-13(18)9-19-14-6-5-7-15-16(14)11(3)12(4)20-15/h5-7,10,13,17-18H,8-9H2,1-4H3. The van der Waals surface area contributed by atoms with Crippen LogP contribution in [0, 0.1) is 13.8 Å². The zero-order chi connectivity index (χ0) is 14.7. The summed E-state index contributed by atoms with van der Waals surface area (Å²) in [5.74, 6) is 1.67. The first-order valence-corrected chi connectivity index (χ1v) is 7.02. The topological polar surface area (TPSA) is 54.6 Å². The second kappa shape index (κ2) is 6.29. The van der Waals surface area contributed by atoms with Gasteiger partial charge in [0.2, 0.25) is 0 Å². The Morgan fingerprint density at radius 2 is 2.05 bits per heavy atom. The van der Waals surface area contributed by atoms with Crippen LogP contribution >= 0.6 is 0 Å². The van der Waals surface area contributed by atoms with Crippen molar-refractivity contribution >= 4 is 11.0 Å². The van der Waals surface area contributed by atoms with Gasteiger partial charge in [-0.05, 0) is 26.0 Å². The second-order valence-electron chi connectivity index (χ2n) is 5.44. The third-order valence-electron chi connectivity index (χ3n) is 3.35. The van der Waals surface area contributed by atoms with Crippen LogP contribution in [-0.2, 0) is 0 Å². The van der Waals surface area contributed by atoms with Crippen molar-refractivity contribution in [2.45, 2.75) is 39.8 Å². The summed E-state index contributed by atoms with van der Waals surface area (Å²) < 4.78 is 11.4. The maximum atomic E-state index is 9.90. The number of furan rings is 1. The largest absolute Gasteiger partial charge is 0.490 e. The van der Waals surface area contributed by atoms with Gasteiger partial charge in [-0.1, -0.05) is 19.9 Å². The van der Waals surface area contributed by atoms with Crippen LogP contribution in [0.5, 0.6) is 5.75 Å². The molecule has 0 saturated carbocycles. The molecule has 0 radical (unpaired) electrons. The van der Waals surface area contributed by atoms with Crippen LogP contribution in [0.1, 0.15) is 25.2 Å². The molecule has 0 bridgehead atoms. The van der Waals surface area contributed by atoms with Crippen LogP contribution < -0.4 is 10.1 Å². The Balaban J connectivity index is 2.06. The van der Waals surface area contributed by atoms with E-state index in [0.717, 1.165) is 28.0 Å². The van der Waals surface area contributed by atoms with E-state index < -0.39 is 6.10 Å². The fraction of sp³-hybridized carbons (Fsp3) is 0.500. The highest BCUT2D eigenvalue weighted by molar-refractivity contribution is 5.88. The minimum atomic E-state index is -0.527. The molecule has 0 aliphatic carbocycles. The van der Waals surface area contributed by atoms with E-state index in [1.165, 1.54) is 0 Å². The Morgan fingerprint density at radius 3 is 2.75 bits per heavy atom. The molecule has 0 amide bonds. The van der Waals surface area contributed by atoms with Gasteiger partial charge < -0.3 is 19.6 Å². The van der Waals surface area contributed by atoms with Gasteiger partial charge in [0.1, 0.15) is 29.8 Å². The Kier molecular flexibility index (Phi) is 4.68. The number of aliphatic hydroxyl groups is 1. The second-order valence-corrected chi connectivity index (χ2v) is 5.44. The molecule has 0 aliphatic rings. The molecular weight excluding hydrogens is 254 g/mol. The molecule has 0 spiro atoms. The van der Waals surface area contributed by atoms with Crippen molar-refractivity contribution in [2.75, 3.05) is 13.2 Å². The summed E-state index contributed by atoms with van der Waals surface area (Å²) in [5, 5.41) is 14.1. The van der Waals surface area contributed by atoms with E-state index in [2.05, 4.69) is 5.32 Å². The number of aryl methyl sites for hydroxylation is 2. The van der Waals surface area contributed by atoms with Gasteiger partial charge in [0, 0.05) is 18.2 Å². The lowest BCUT2D eigenvalue weighted by Crippen LogP contribution is -2.35. The molecule has 0 aliphatic heterocycles. The first kappa shape index (κ1) is 14.9. The van der Waals surface area contributed by atoms with Crippen molar-refractivity contribution in [3.05, 3.63) is 29.5 Å². The summed E-state index contributed by atoms with van der Waals surface area (Å²) in [4.78, 5) is 0. The number of ether oxygens (including phenoxy) is 1. The predicted molar refractivity (Wildman–Crippen MR) is 80.3 cm³/mol. The molecule has 1 unspecified atom stereocenters. The van der Waals surface area contributed by atoms with E-state index in [4.69, 9.17) is 9.15 Å². The Labute approximate surface area is 119 Å². The molecule has 2 rings (SSSR count). The lowest BCUT2D eigenvalue weighted by Gasteiger charge is -2.15. The molecule has 1 heterocycles. The molecule has 0 fully saturated rings.